The predicted molar refractivity (Wildman–Crippen MR) is 68.1 cm³/mol. The second-order valence-corrected chi connectivity index (χ2v) is 5.72. The third-order valence-corrected chi connectivity index (χ3v) is 4.54. The van der Waals surface area contributed by atoms with Gasteiger partial charge in [0.1, 0.15) is 0 Å². The Morgan fingerprint density at radius 1 is 1.33 bits per heavy atom. The van der Waals surface area contributed by atoms with Crippen molar-refractivity contribution in [3.63, 3.8) is 0 Å². The number of hydrogen-bond acceptors (Lipinski definition) is 2. The Balaban J connectivity index is 1.86. The molecule has 1 aromatic rings. The molecule has 1 nitrogen and oxygen atoms in total. The average molecular weight is 221 g/mol. The standard InChI is InChI=1S/C13H19NS/c1-10-4-2-3-5-11(10)9-15-13-7-6-12(14)8-13/h2-5,12-13H,6-9,14H2,1H3. The van der Waals surface area contributed by atoms with Crippen LogP contribution in [-0.2, 0) is 5.75 Å². The molecule has 2 atom stereocenters. The van der Waals surface area contributed by atoms with Gasteiger partial charge >= 0.3 is 0 Å². The molecule has 1 saturated carbocycles. The van der Waals surface area contributed by atoms with Crippen molar-refractivity contribution >= 4 is 11.8 Å². The number of aryl methyl sites for hydroxylation is 1. The fourth-order valence-corrected chi connectivity index (χ4v) is 3.53. The van der Waals surface area contributed by atoms with Crippen molar-refractivity contribution in [2.45, 2.75) is 43.2 Å². The first kappa shape index (κ1) is 11.0. The van der Waals surface area contributed by atoms with Crippen LogP contribution in [0.25, 0.3) is 0 Å². The van der Waals surface area contributed by atoms with Gasteiger partial charge in [0, 0.05) is 17.0 Å². The van der Waals surface area contributed by atoms with Crippen molar-refractivity contribution in [2.75, 3.05) is 0 Å². The molecule has 2 N–H and O–H groups in total. The number of hydrogen-bond donors (Lipinski definition) is 1. The molecular formula is C13H19NS. The van der Waals surface area contributed by atoms with Gasteiger partial charge in [0.2, 0.25) is 0 Å². The summed E-state index contributed by atoms with van der Waals surface area (Å²) in [6.07, 6.45) is 3.72. The molecule has 1 aliphatic carbocycles. The van der Waals surface area contributed by atoms with E-state index in [0.717, 1.165) is 11.0 Å². The Labute approximate surface area is 96.4 Å². The quantitative estimate of drug-likeness (QED) is 0.848. The highest BCUT2D eigenvalue weighted by Gasteiger charge is 2.21. The topological polar surface area (TPSA) is 26.0 Å². The lowest BCUT2D eigenvalue weighted by Crippen LogP contribution is -2.15. The van der Waals surface area contributed by atoms with Crippen molar-refractivity contribution in [3.8, 4) is 0 Å². The Bertz CT molecular complexity index is 324. The van der Waals surface area contributed by atoms with E-state index in [0.29, 0.717) is 6.04 Å². The lowest BCUT2D eigenvalue weighted by Gasteiger charge is -2.10. The minimum Gasteiger partial charge on any atom is -0.328 e. The highest BCUT2D eigenvalue weighted by atomic mass is 32.2. The van der Waals surface area contributed by atoms with Crippen molar-refractivity contribution in [2.24, 2.45) is 5.73 Å². The van der Waals surface area contributed by atoms with E-state index in [1.165, 1.54) is 30.4 Å². The number of rotatable bonds is 3. The Hall–Kier alpha value is -0.470. The number of thioether (sulfide) groups is 1. The fourth-order valence-electron chi connectivity index (χ4n) is 2.10. The Morgan fingerprint density at radius 2 is 2.13 bits per heavy atom. The molecule has 0 amide bonds. The largest absolute Gasteiger partial charge is 0.328 e. The van der Waals surface area contributed by atoms with Gasteiger partial charge in [-0.05, 0) is 37.3 Å². The van der Waals surface area contributed by atoms with Crippen LogP contribution in [0.15, 0.2) is 24.3 Å². The average Bonchev–Trinajstić information content (AvgIpc) is 2.63. The second kappa shape index (κ2) is 5.04. The molecule has 15 heavy (non-hydrogen) atoms. The molecule has 0 aromatic heterocycles. The molecule has 1 aliphatic rings. The van der Waals surface area contributed by atoms with Gasteiger partial charge in [-0.25, -0.2) is 0 Å². The van der Waals surface area contributed by atoms with Gasteiger partial charge in [0.05, 0.1) is 0 Å². The van der Waals surface area contributed by atoms with Crippen LogP contribution in [0.3, 0.4) is 0 Å². The minimum absolute atomic E-state index is 0.458. The zero-order chi connectivity index (χ0) is 10.7. The number of benzene rings is 1. The SMILES string of the molecule is Cc1ccccc1CSC1CCC(N)C1. The van der Waals surface area contributed by atoms with Crippen molar-refractivity contribution in [1.29, 1.82) is 0 Å². The van der Waals surface area contributed by atoms with Gasteiger partial charge in [-0.15, -0.1) is 0 Å². The molecule has 1 aromatic carbocycles. The van der Waals surface area contributed by atoms with Gasteiger partial charge in [0.25, 0.3) is 0 Å². The van der Waals surface area contributed by atoms with Crippen LogP contribution in [0.1, 0.15) is 30.4 Å². The van der Waals surface area contributed by atoms with Crippen LogP contribution in [0.2, 0.25) is 0 Å². The van der Waals surface area contributed by atoms with Crippen LogP contribution in [-0.4, -0.2) is 11.3 Å². The zero-order valence-corrected chi connectivity index (χ0v) is 10.1. The first-order chi connectivity index (χ1) is 7.25. The van der Waals surface area contributed by atoms with E-state index in [1.807, 2.05) is 0 Å². The van der Waals surface area contributed by atoms with Crippen LogP contribution in [0.4, 0.5) is 0 Å². The van der Waals surface area contributed by atoms with Crippen LogP contribution in [0, 0.1) is 6.92 Å². The summed E-state index contributed by atoms with van der Waals surface area (Å²) in [6.45, 7) is 2.19. The fraction of sp³-hybridized carbons (Fsp3) is 0.538. The summed E-state index contributed by atoms with van der Waals surface area (Å²) >= 11 is 2.08. The molecule has 0 aliphatic heterocycles. The molecule has 82 valence electrons. The first-order valence-electron chi connectivity index (χ1n) is 5.67. The van der Waals surface area contributed by atoms with Crippen molar-refractivity contribution in [1.82, 2.24) is 0 Å². The van der Waals surface area contributed by atoms with Gasteiger partial charge in [-0.1, -0.05) is 24.3 Å². The second-order valence-electron chi connectivity index (χ2n) is 4.43. The summed E-state index contributed by atoms with van der Waals surface area (Å²) in [7, 11) is 0. The molecule has 1 fully saturated rings. The van der Waals surface area contributed by atoms with E-state index < -0.39 is 0 Å². The van der Waals surface area contributed by atoms with E-state index in [1.54, 1.807) is 0 Å². The maximum absolute atomic E-state index is 5.91. The molecule has 0 radical (unpaired) electrons. The summed E-state index contributed by atoms with van der Waals surface area (Å²) in [5, 5.41) is 0.791. The van der Waals surface area contributed by atoms with E-state index in [-0.39, 0.29) is 0 Å². The normalized spacial score (nSPS) is 25.7. The van der Waals surface area contributed by atoms with Crippen LogP contribution in [0.5, 0.6) is 0 Å². The predicted octanol–water partition coefficient (Wildman–Crippen LogP) is 3.11. The smallest absolute Gasteiger partial charge is 0.0189 e. The monoisotopic (exact) mass is 221 g/mol. The van der Waals surface area contributed by atoms with E-state index in [2.05, 4.69) is 43.0 Å². The van der Waals surface area contributed by atoms with Crippen LogP contribution < -0.4 is 5.73 Å². The lowest BCUT2D eigenvalue weighted by atomic mass is 10.1. The molecule has 2 heteroatoms. The summed E-state index contributed by atoms with van der Waals surface area (Å²) < 4.78 is 0. The van der Waals surface area contributed by atoms with E-state index >= 15 is 0 Å². The molecule has 0 bridgehead atoms. The Kier molecular flexibility index (Phi) is 3.71. The molecule has 2 unspecified atom stereocenters. The Morgan fingerprint density at radius 3 is 2.80 bits per heavy atom. The third-order valence-electron chi connectivity index (χ3n) is 3.16. The summed E-state index contributed by atoms with van der Waals surface area (Å²) in [4.78, 5) is 0. The molecule has 2 rings (SSSR count). The maximum atomic E-state index is 5.91. The third kappa shape index (κ3) is 2.99. The van der Waals surface area contributed by atoms with Gasteiger partial charge in [-0.3, -0.25) is 0 Å². The lowest BCUT2D eigenvalue weighted by molar-refractivity contribution is 0.706. The van der Waals surface area contributed by atoms with Crippen LogP contribution >= 0.6 is 11.8 Å². The highest BCUT2D eigenvalue weighted by molar-refractivity contribution is 7.99. The van der Waals surface area contributed by atoms with E-state index in [9.17, 15) is 0 Å². The molecule has 0 saturated heterocycles. The summed E-state index contributed by atoms with van der Waals surface area (Å²) in [5.41, 5.74) is 8.80. The molecule has 0 spiro atoms. The first-order valence-corrected chi connectivity index (χ1v) is 6.72. The number of nitrogens with two attached hydrogens (primary N) is 1. The summed E-state index contributed by atoms with van der Waals surface area (Å²) in [5.74, 6) is 1.14. The minimum atomic E-state index is 0.458. The maximum Gasteiger partial charge on any atom is 0.0189 e. The van der Waals surface area contributed by atoms with Crippen molar-refractivity contribution < 1.29 is 0 Å². The molecular weight excluding hydrogens is 202 g/mol. The van der Waals surface area contributed by atoms with Gasteiger partial charge < -0.3 is 5.73 Å². The van der Waals surface area contributed by atoms with Gasteiger partial charge in [0.15, 0.2) is 0 Å². The van der Waals surface area contributed by atoms with Crippen molar-refractivity contribution in [3.05, 3.63) is 35.4 Å². The zero-order valence-electron chi connectivity index (χ0n) is 9.28. The van der Waals surface area contributed by atoms with E-state index in [4.69, 9.17) is 5.73 Å². The van der Waals surface area contributed by atoms with Gasteiger partial charge in [-0.2, -0.15) is 11.8 Å². The molecule has 0 heterocycles. The summed E-state index contributed by atoms with van der Waals surface area (Å²) in [6, 6.07) is 9.12. The highest BCUT2D eigenvalue weighted by Crippen LogP contribution is 2.31.